The van der Waals surface area contributed by atoms with Gasteiger partial charge >= 0.3 is 0 Å². The Kier molecular flexibility index (Phi) is 4.16. The third-order valence-corrected chi connectivity index (χ3v) is 5.05. The summed E-state index contributed by atoms with van der Waals surface area (Å²) in [4.78, 5) is 18.8. The largest absolute Gasteiger partial charge is 0.329 e. The van der Waals surface area contributed by atoms with Crippen molar-refractivity contribution in [1.29, 1.82) is 5.26 Å². The van der Waals surface area contributed by atoms with Crippen LogP contribution in [-0.4, -0.2) is 27.3 Å². The van der Waals surface area contributed by atoms with Crippen LogP contribution >= 0.6 is 11.8 Å². The second-order valence-corrected chi connectivity index (χ2v) is 6.39. The van der Waals surface area contributed by atoms with E-state index in [1.165, 1.54) is 11.8 Å². The molecule has 0 radical (unpaired) electrons. The number of hydrogen-bond donors (Lipinski definition) is 0. The van der Waals surface area contributed by atoms with Crippen molar-refractivity contribution in [3.63, 3.8) is 0 Å². The molecule has 1 aromatic heterocycles. The number of imidazole rings is 1. The molecule has 0 bridgehead atoms. The lowest BCUT2D eigenvalue weighted by Crippen LogP contribution is -2.43. The van der Waals surface area contributed by atoms with Gasteiger partial charge in [-0.1, -0.05) is 11.8 Å². The van der Waals surface area contributed by atoms with Crippen LogP contribution in [0, 0.1) is 11.3 Å². The first-order valence-corrected chi connectivity index (χ1v) is 8.02. The Hall–Kier alpha value is -2.26. The summed E-state index contributed by atoms with van der Waals surface area (Å²) >= 11 is 1.52. The molecule has 6 heteroatoms. The summed E-state index contributed by atoms with van der Waals surface area (Å²) in [5, 5.41) is 9.61. The zero-order valence-corrected chi connectivity index (χ0v) is 13.1. The van der Waals surface area contributed by atoms with Gasteiger partial charge in [0.05, 0.1) is 16.9 Å². The SMILES string of the molecule is Cn1ccnc1S[C@@H]1CCCN(c2ccc(C#N)cc2)C1=O. The van der Waals surface area contributed by atoms with Crippen molar-refractivity contribution in [2.24, 2.45) is 7.05 Å². The number of carbonyl (C=O) groups is 1. The molecule has 1 amide bonds. The van der Waals surface area contributed by atoms with E-state index in [9.17, 15) is 4.79 Å². The van der Waals surface area contributed by atoms with Gasteiger partial charge < -0.3 is 9.47 Å². The van der Waals surface area contributed by atoms with Crippen molar-refractivity contribution in [1.82, 2.24) is 9.55 Å². The van der Waals surface area contributed by atoms with Gasteiger partial charge in [0.25, 0.3) is 0 Å². The maximum Gasteiger partial charge on any atom is 0.240 e. The van der Waals surface area contributed by atoms with Crippen LogP contribution in [-0.2, 0) is 11.8 Å². The van der Waals surface area contributed by atoms with Crippen LogP contribution < -0.4 is 4.90 Å². The number of nitrogens with zero attached hydrogens (tertiary/aromatic N) is 4. The average Bonchev–Trinajstić information content (AvgIpc) is 2.95. The normalized spacial score (nSPS) is 18.3. The summed E-state index contributed by atoms with van der Waals surface area (Å²) in [6, 6.07) is 9.27. The number of piperidine rings is 1. The minimum atomic E-state index is -0.106. The van der Waals surface area contributed by atoms with E-state index in [-0.39, 0.29) is 11.2 Å². The Labute approximate surface area is 133 Å². The highest BCUT2D eigenvalue weighted by Crippen LogP contribution is 2.31. The number of aryl methyl sites for hydroxylation is 1. The third kappa shape index (κ3) is 2.85. The van der Waals surface area contributed by atoms with Crippen LogP contribution in [0.25, 0.3) is 0 Å². The van der Waals surface area contributed by atoms with Crippen LogP contribution in [0.4, 0.5) is 5.69 Å². The third-order valence-electron chi connectivity index (χ3n) is 3.72. The number of hydrogen-bond acceptors (Lipinski definition) is 4. The molecule has 0 saturated carbocycles. The number of anilines is 1. The molecule has 22 heavy (non-hydrogen) atoms. The quantitative estimate of drug-likeness (QED) is 0.874. The topological polar surface area (TPSA) is 61.9 Å². The van der Waals surface area contributed by atoms with Crippen LogP contribution in [0.15, 0.2) is 41.8 Å². The lowest BCUT2D eigenvalue weighted by atomic mass is 10.1. The lowest BCUT2D eigenvalue weighted by molar-refractivity contribution is -0.119. The number of nitriles is 1. The monoisotopic (exact) mass is 312 g/mol. The zero-order valence-electron chi connectivity index (χ0n) is 12.3. The highest BCUT2D eigenvalue weighted by atomic mass is 32.2. The van der Waals surface area contributed by atoms with Crippen LogP contribution in [0.2, 0.25) is 0 Å². The molecule has 3 rings (SSSR count). The van der Waals surface area contributed by atoms with Crippen molar-refractivity contribution in [2.75, 3.05) is 11.4 Å². The number of benzene rings is 1. The van der Waals surface area contributed by atoms with Gasteiger partial charge in [-0.3, -0.25) is 4.79 Å². The van der Waals surface area contributed by atoms with E-state index in [1.807, 2.05) is 34.8 Å². The summed E-state index contributed by atoms with van der Waals surface area (Å²) < 4.78 is 1.93. The van der Waals surface area contributed by atoms with E-state index in [4.69, 9.17) is 5.26 Å². The molecule has 0 N–H and O–H groups in total. The number of carbonyl (C=O) groups excluding carboxylic acids is 1. The molecule has 0 spiro atoms. The molecule has 1 saturated heterocycles. The second-order valence-electron chi connectivity index (χ2n) is 5.22. The minimum Gasteiger partial charge on any atom is -0.329 e. The zero-order chi connectivity index (χ0) is 15.5. The first kappa shape index (κ1) is 14.7. The fourth-order valence-corrected chi connectivity index (χ4v) is 3.63. The van der Waals surface area contributed by atoms with Gasteiger partial charge in [0.15, 0.2) is 5.16 Å². The van der Waals surface area contributed by atoms with Crippen LogP contribution in [0.5, 0.6) is 0 Å². The summed E-state index contributed by atoms with van der Waals surface area (Å²) in [6.07, 6.45) is 5.46. The predicted molar refractivity (Wildman–Crippen MR) is 85.6 cm³/mol. The number of rotatable bonds is 3. The first-order valence-electron chi connectivity index (χ1n) is 7.14. The summed E-state index contributed by atoms with van der Waals surface area (Å²) in [7, 11) is 1.93. The molecule has 1 aromatic carbocycles. The van der Waals surface area contributed by atoms with E-state index >= 15 is 0 Å². The lowest BCUT2D eigenvalue weighted by Gasteiger charge is -2.31. The molecule has 1 aliphatic heterocycles. The van der Waals surface area contributed by atoms with E-state index in [1.54, 1.807) is 18.3 Å². The maximum absolute atomic E-state index is 12.7. The summed E-state index contributed by atoms with van der Waals surface area (Å²) in [5.74, 6) is 0.115. The number of amides is 1. The molecule has 5 nitrogen and oxygen atoms in total. The Morgan fingerprint density at radius 2 is 2.14 bits per heavy atom. The number of thioether (sulfide) groups is 1. The van der Waals surface area contributed by atoms with E-state index in [0.717, 1.165) is 30.2 Å². The highest BCUT2D eigenvalue weighted by molar-refractivity contribution is 8.00. The molecular weight excluding hydrogens is 296 g/mol. The van der Waals surface area contributed by atoms with Crippen molar-refractivity contribution in [3.05, 3.63) is 42.2 Å². The molecule has 2 aromatic rings. The van der Waals surface area contributed by atoms with Gasteiger partial charge in [-0.25, -0.2) is 4.98 Å². The Morgan fingerprint density at radius 3 is 2.77 bits per heavy atom. The van der Waals surface area contributed by atoms with Gasteiger partial charge in [0.2, 0.25) is 5.91 Å². The molecule has 2 heterocycles. The fourth-order valence-electron chi connectivity index (χ4n) is 2.52. The van der Waals surface area contributed by atoms with E-state index < -0.39 is 0 Å². The Balaban J connectivity index is 1.77. The number of aromatic nitrogens is 2. The van der Waals surface area contributed by atoms with Gasteiger partial charge in [-0.2, -0.15) is 5.26 Å². The van der Waals surface area contributed by atoms with E-state index in [0.29, 0.717) is 5.56 Å². The first-order chi connectivity index (χ1) is 10.7. The van der Waals surface area contributed by atoms with Gasteiger partial charge in [-0.15, -0.1) is 0 Å². The summed E-state index contributed by atoms with van der Waals surface area (Å²) in [6.45, 7) is 0.725. The van der Waals surface area contributed by atoms with Crippen LogP contribution in [0.3, 0.4) is 0 Å². The van der Waals surface area contributed by atoms with Crippen molar-refractivity contribution in [2.45, 2.75) is 23.2 Å². The minimum absolute atomic E-state index is 0.106. The fraction of sp³-hybridized carbons (Fsp3) is 0.312. The van der Waals surface area contributed by atoms with Crippen molar-refractivity contribution in [3.8, 4) is 6.07 Å². The Morgan fingerprint density at radius 1 is 1.36 bits per heavy atom. The smallest absolute Gasteiger partial charge is 0.240 e. The van der Waals surface area contributed by atoms with Gasteiger partial charge in [-0.05, 0) is 37.1 Å². The highest BCUT2D eigenvalue weighted by Gasteiger charge is 2.31. The average molecular weight is 312 g/mol. The molecule has 1 aliphatic rings. The van der Waals surface area contributed by atoms with Gasteiger partial charge in [0, 0.05) is 31.7 Å². The molecule has 0 aliphatic carbocycles. The van der Waals surface area contributed by atoms with Gasteiger partial charge in [0.1, 0.15) is 0 Å². The summed E-state index contributed by atoms with van der Waals surface area (Å²) in [5.41, 5.74) is 1.46. The van der Waals surface area contributed by atoms with Crippen molar-refractivity contribution < 1.29 is 4.79 Å². The molecular formula is C16H16N4OS. The molecule has 1 fully saturated rings. The second kappa shape index (κ2) is 6.24. The maximum atomic E-state index is 12.7. The molecule has 1 atom stereocenters. The molecule has 0 unspecified atom stereocenters. The van der Waals surface area contributed by atoms with Crippen LogP contribution in [0.1, 0.15) is 18.4 Å². The Bertz CT molecular complexity index is 716. The van der Waals surface area contributed by atoms with Crippen molar-refractivity contribution >= 4 is 23.4 Å². The molecule has 112 valence electrons. The van der Waals surface area contributed by atoms with E-state index in [2.05, 4.69) is 11.1 Å². The predicted octanol–water partition coefficient (Wildman–Crippen LogP) is 2.58. The standard InChI is InChI=1S/C16H16N4OS/c1-19-10-8-18-16(19)22-14-3-2-9-20(15(14)21)13-6-4-12(11-17)5-7-13/h4-8,10,14H,2-3,9H2,1H3/t14-/m1/s1.